The quantitative estimate of drug-likeness (QED) is 0.784. The van der Waals surface area contributed by atoms with E-state index in [2.05, 4.69) is 4.90 Å². The molecule has 1 saturated heterocycles. The summed E-state index contributed by atoms with van der Waals surface area (Å²) in [6.45, 7) is 3.25. The van der Waals surface area contributed by atoms with Gasteiger partial charge in [-0.05, 0) is 50.2 Å². The van der Waals surface area contributed by atoms with E-state index in [4.69, 9.17) is 9.47 Å². The maximum Gasteiger partial charge on any atom is 0.166 e. The zero-order chi connectivity index (χ0) is 17.9. The Morgan fingerprint density at radius 3 is 2.54 bits per heavy atom. The molecule has 0 atom stereocenters. The Balaban J connectivity index is 1.37. The number of ether oxygens (including phenoxy) is 2. The van der Waals surface area contributed by atoms with Crippen molar-refractivity contribution in [2.24, 2.45) is 5.92 Å². The zero-order valence-corrected chi connectivity index (χ0v) is 14.6. The lowest BCUT2D eigenvalue weighted by Gasteiger charge is -2.31. The van der Waals surface area contributed by atoms with Crippen molar-refractivity contribution in [1.82, 2.24) is 4.90 Å². The molecule has 1 fully saturated rings. The second-order valence-electron chi connectivity index (χ2n) is 6.86. The Bertz CT molecular complexity index is 800. The van der Waals surface area contributed by atoms with E-state index in [1.807, 2.05) is 24.3 Å². The largest absolute Gasteiger partial charge is 0.486 e. The molecule has 5 heteroatoms. The number of piperidine rings is 1. The summed E-state index contributed by atoms with van der Waals surface area (Å²) in [5.41, 5.74) is 1.39. The van der Waals surface area contributed by atoms with Crippen LogP contribution in [0.4, 0.5) is 4.39 Å². The van der Waals surface area contributed by atoms with E-state index < -0.39 is 0 Å². The molecule has 0 aliphatic carbocycles. The number of rotatable bonds is 4. The molecule has 136 valence electrons. The predicted molar refractivity (Wildman–Crippen MR) is 96.2 cm³/mol. The fraction of sp³-hybridized carbons (Fsp3) is 0.381. The maximum absolute atomic E-state index is 13.8. The summed E-state index contributed by atoms with van der Waals surface area (Å²) >= 11 is 0. The van der Waals surface area contributed by atoms with Crippen molar-refractivity contribution >= 4 is 5.78 Å². The van der Waals surface area contributed by atoms with Gasteiger partial charge < -0.3 is 9.47 Å². The average Bonchev–Trinajstić information content (AvgIpc) is 2.69. The number of carbonyl (C=O) groups excluding carboxylic acids is 1. The standard InChI is InChI=1S/C21H22FNO3/c22-18-4-2-1-3-17(18)14-23-9-7-15(8-10-23)21(24)16-5-6-19-20(13-16)26-12-11-25-19/h1-6,13,15H,7-12,14H2. The molecule has 0 radical (unpaired) electrons. The van der Waals surface area contributed by atoms with Crippen molar-refractivity contribution < 1.29 is 18.7 Å². The van der Waals surface area contributed by atoms with Crippen molar-refractivity contribution in [3.05, 3.63) is 59.4 Å². The van der Waals surface area contributed by atoms with Crippen LogP contribution in [0.5, 0.6) is 11.5 Å². The van der Waals surface area contributed by atoms with Gasteiger partial charge in [0.2, 0.25) is 0 Å². The first-order valence-corrected chi connectivity index (χ1v) is 9.10. The normalized spacial score (nSPS) is 17.9. The minimum Gasteiger partial charge on any atom is -0.486 e. The minimum absolute atomic E-state index is 0.00873. The maximum atomic E-state index is 13.8. The molecule has 2 aliphatic rings. The van der Waals surface area contributed by atoms with Crippen molar-refractivity contribution in [1.29, 1.82) is 0 Å². The summed E-state index contributed by atoms with van der Waals surface area (Å²) in [7, 11) is 0. The number of fused-ring (bicyclic) bond motifs is 1. The number of carbonyl (C=O) groups is 1. The van der Waals surface area contributed by atoms with Gasteiger partial charge in [-0.3, -0.25) is 9.69 Å². The molecule has 0 amide bonds. The molecule has 0 saturated carbocycles. The number of nitrogens with zero attached hydrogens (tertiary/aromatic N) is 1. The van der Waals surface area contributed by atoms with Gasteiger partial charge in [-0.2, -0.15) is 0 Å². The number of halogens is 1. The summed E-state index contributed by atoms with van der Waals surface area (Å²) in [4.78, 5) is 15.0. The topological polar surface area (TPSA) is 38.8 Å². The van der Waals surface area contributed by atoms with Crippen molar-refractivity contribution in [2.75, 3.05) is 26.3 Å². The molecule has 2 aromatic rings. The molecule has 2 heterocycles. The van der Waals surface area contributed by atoms with Crippen molar-refractivity contribution in [3.8, 4) is 11.5 Å². The number of hydrogen-bond acceptors (Lipinski definition) is 4. The monoisotopic (exact) mass is 355 g/mol. The zero-order valence-electron chi connectivity index (χ0n) is 14.6. The predicted octanol–water partition coefficient (Wildman–Crippen LogP) is 3.69. The molecule has 26 heavy (non-hydrogen) atoms. The molecule has 0 bridgehead atoms. The van der Waals surface area contributed by atoms with Crippen LogP contribution in [0, 0.1) is 11.7 Å². The summed E-state index contributed by atoms with van der Waals surface area (Å²) in [6.07, 6.45) is 1.59. The van der Waals surface area contributed by atoms with Crippen LogP contribution in [0.3, 0.4) is 0 Å². The number of hydrogen-bond donors (Lipinski definition) is 0. The van der Waals surface area contributed by atoms with Gasteiger partial charge in [0.05, 0.1) is 0 Å². The fourth-order valence-electron chi connectivity index (χ4n) is 3.65. The Hall–Kier alpha value is -2.40. The van der Waals surface area contributed by atoms with Gasteiger partial charge in [0.15, 0.2) is 17.3 Å². The number of ketones is 1. The van der Waals surface area contributed by atoms with E-state index >= 15 is 0 Å². The van der Waals surface area contributed by atoms with E-state index in [0.29, 0.717) is 42.4 Å². The van der Waals surface area contributed by atoms with Crippen LogP contribution in [0.15, 0.2) is 42.5 Å². The second-order valence-corrected chi connectivity index (χ2v) is 6.86. The van der Waals surface area contributed by atoms with Gasteiger partial charge in [-0.15, -0.1) is 0 Å². The number of likely N-dealkylation sites (tertiary alicyclic amines) is 1. The highest BCUT2D eigenvalue weighted by molar-refractivity contribution is 5.98. The Kier molecular flexibility index (Phi) is 4.89. The highest BCUT2D eigenvalue weighted by Gasteiger charge is 2.27. The summed E-state index contributed by atoms with van der Waals surface area (Å²) in [6, 6.07) is 12.3. The SMILES string of the molecule is O=C(c1ccc2c(c1)OCCO2)C1CCN(Cc2ccccc2F)CC1. The van der Waals surface area contributed by atoms with Crippen LogP contribution in [0.2, 0.25) is 0 Å². The van der Waals surface area contributed by atoms with Gasteiger partial charge in [0.1, 0.15) is 19.0 Å². The van der Waals surface area contributed by atoms with E-state index in [1.54, 1.807) is 12.1 Å². The summed E-state index contributed by atoms with van der Waals surface area (Å²) in [5.74, 6) is 1.36. The van der Waals surface area contributed by atoms with E-state index in [-0.39, 0.29) is 17.5 Å². The van der Waals surface area contributed by atoms with Gasteiger partial charge in [-0.25, -0.2) is 4.39 Å². The van der Waals surface area contributed by atoms with Crippen LogP contribution in [0.1, 0.15) is 28.8 Å². The molecule has 0 unspecified atom stereocenters. The van der Waals surface area contributed by atoms with Crippen LogP contribution in [-0.4, -0.2) is 37.0 Å². The van der Waals surface area contributed by atoms with Gasteiger partial charge in [0, 0.05) is 23.6 Å². The van der Waals surface area contributed by atoms with Gasteiger partial charge >= 0.3 is 0 Å². The summed E-state index contributed by atoms with van der Waals surface area (Å²) in [5, 5.41) is 0. The summed E-state index contributed by atoms with van der Waals surface area (Å²) < 4.78 is 24.9. The fourth-order valence-corrected chi connectivity index (χ4v) is 3.65. The number of benzene rings is 2. The Morgan fingerprint density at radius 1 is 1.04 bits per heavy atom. The third-order valence-electron chi connectivity index (χ3n) is 5.14. The molecule has 4 rings (SSSR count). The Labute approximate surface area is 152 Å². The van der Waals surface area contributed by atoms with Crippen LogP contribution in [0.25, 0.3) is 0 Å². The van der Waals surface area contributed by atoms with Crippen molar-refractivity contribution in [2.45, 2.75) is 19.4 Å². The van der Waals surface area contributed by atoms with Crippen molar-refractivity contribution in [3.63, 3.8) is 0 Å². The molecule has 2 aromatic carbocycles. The number of Topliss-reactive ketones (excluding diaryl/α,β-unsaturated/α-hetero) is 1. The van der Waals surface area contributed by atoms with Crippen LogP contribution >= 0.6 is 0 Å². The molecule has 0 spiro atoms. The molecule has 0 N–H and O–H groups in total. The first-order chi connectivity index (χ1) is 12.7. The lowest BCUT2D eigenvalue weighted by atomic mass is 9.88. The molecule has 4 nitrogen and oxygen atoms in total. The highest BCUT2D eigenvalue weighted by Crippen LogP contribution is 2.32. The second kappa shape index (κ2) is 7.46. The third-order valence-corrected chi connectivity index (χ3v) is 5.14. The molecule has 0 aromatic heterocycles. The minimum atomic E-state index is -0.165. The molecule has 2 aliphatic heterocycles. The lowest BCUT2D eigenvalue weighted by molar-refractivity contribution is 0.0832. The van der Waals surface area contributed by atoms with Gasteiger partial charge in [-0.1, -0.05) is 18.2 Å². The molecular formula is C21H22FNO3. The Morgan fingerprint density at radius 2 is 1.77 bits per heavy atom. The van der Waals surface area contributed by atoms with Crippen LogP contribution < -0.4 is 9.47 Å². The first-order valence-electron chi connectivity index (χ1n) is 9.10. The third kappa shape index (κ3) is 3.58. The smallest absolute Gasteiger partial charge is 0.166 e. The first kappa shape index (κ1) is 17.0. The van der Waals surface area contributed by atoms with Crippen LogP contribution in [-0.2, 0) is 6.54 Å². The van der Waals surface area contributed by atoms with E-state index in [0.717, 1.165) is 25.9 Å². The highest BCUT2D eigenvalue weighted by atomic mass is 19.1. The van der Waals surface area contributed by atoms with Gasteiger partial charge in [0.25, 0.3) is 0 Å². The lowest BCUT2D eigenvalue weighted by Crippen LogP contribution is -2.36. The van der Waals surface area contributed by atoms with E-state index in [9.17, 15) is 9.18 Å². The van der Waals surface area contributed by atoms with E-state index in [1.165, 1.54) is 6.07 Å². The average molecular weight is 355 g/mol. The molecular weight excluding hydrogens is 333 g/mol.